The third-order valence-electron chi connectivity index (χ3n) is 3.69. The Kier molecular flexibility index (Phi) is 5.06. The van der Waals surface area contributed by atoms with Crippen molar-refractivity contribution in [2.24, 2.45) is 11.3 Å². The van der Waals surface area contributed by atoms with Gasteiger partial charge in [0.15, 0.2) is 0 Å². The minimum atomic E-state index is -4.08. The number of aliphatic hydroxyl groups excluding tert-OH is 1. The number of alkyl halides is 3. The monoisotopic (exact) mass is 267 g/mol. The average molecular weight is 267 g/mol. The zero-order valence-electron chi connectivity index (χ0n) is 11.4. The zero-order chi connectivity index (χ0) is 14.0. The Labute approximate surface area is 107 Å². The summed E-state index contributed by atoms with van der Waals surface area (Å²) in [6, 6.07) is 0. The largest absolute Gasteiger partial charge is 0.393 e. The molecule has 0 aliphatic carbocycles. The predicted molar refractivity (Wildman–Crippen MR) is 65.3 cm³/mol. The van der Waals surface area contributed by atoms with Crippen LogP contribution in [0, 0.1) is 11.3 Å². The van der Waals surface area contributed by atoms with Gasteiger partial charge in [-0.05, 0) is 31.2 Å². The van der Waals surface area contributed by atoms with E-state index in [1.54, 1.807) is 0 Å². The summed E-state index contributed by atoms with van der Waals surface area (Å²) >= 11 is 0. The van der Waals surface area contributed by atoms with Gasteiger partial charge in [0, 0.05) is 13.1 Å². The van der Waals surface area contributed by atoms with Gasteiger partial charge in [-0.1, -0.05) is 20.8 Å². The molecule has 0 aromatic heterocycles. The van der Waals surface area contributed by atoms with Crippen molar-refractivity contribution in [2.75, 3.05) is 19.6 Å². The number of halogens is 3. The molecule has 1 rings (SSSR count). The lowest BCUT2D eigenvalue weighted by Crippen LogP contribution is -2.43. The van der Waals surface area contributed by atoms with E-state index in [0.717, 1.165) is 0 Å². The van der Waals surface area contributed by atoms with Crippen LogP contribution in [0.4, 0.5) is 13.2 Å². The Hall–Kier alpha value is -0.290. The first-order valence-corrected chi connectivity index (χ1v) is 6.58. The SMILES string of the molecule is CC(C)(C)C(O)CCN1CCCC(C(F)(F)F)C1. The van der Waals surface area contributed by atoms with Crippen molar-refractivity contribution in [1.29, 1.82) is 0 Å². The van der Waals surface area contributed by atoms with Gasteiger partial charge in [-0.25, -0.2) is 0 Å². The molecule has 0 saturated carbocycles. The lowest BCUT2D eigenvalue weighted by Gasteiger charge is -2.35. The summed E-state index contributed by atoms with van der Waals surface area (Å²) in [5.41, 5.74) is -0.209. The van der Waals surface area contributed by atoms with Crippen LogP contribution in [0.25, 0.3) is 0 Å². The predicted octanol–water partition coefficient (Wildman–Crippen LogP) is 3.06. The molecule has 1 saturated heterocycles. The van der Waals surface area contributed by atoms with E-state index in [1.807, 2.05) is 25.7 Å². The molecule has 1 heterocycles. The van der Waals surface area contributed by atoms with Gasteiger partial charge < -0.3 is 10.0 Å². The first-order valence-electron chi connectivity index (χ1n) is 6.58. The molecule has 2 nitrogen and oxygen atoms in total. The van der Waals surface area contributed by atoms with Crippen LogP contribution in [0.15, 0.2) is 0 Å². The van der Waals surface area contributed by atoms with Crippen LogP contribution < -0.4 is 0 Å². The fourth-order valence-electron chi connectivity index (χ4n) is 2.26. The van der Waals surface area contributed by atoms with Crippen molar-refractivity contribution in [3.63, 3.8) is 0 Å². The van der Waals surface area contributed by atoms with Crippen LogP contribution in [-0.4, -0.2) is 41.9 Å². The van der Waals surface area contributed by atoms with E-state index in [4.69, 9.17) is 0 Å². The van der Waals surface area contributed by atoms with Gasteiger partial charge in [-0.15, -0.1) is 0 Å². The number of hydrogen-bond donors (Lipinski definition) is 1. The maximum absolute atomic E-state index is 12.6. The second-order valence-electron chi connectivity index (χ2n) is 6.35. The molecule has 18 heavy (non-hydrogen) atoms. The smallest absolute Gasteiger partial charge is 0.393 e. The molecule has 2 atom stereocenters. The normalized spacial score (nSPS) is 25.2. The Morgan fingerprint density at radius 1 is 1.28 bits per heavy atom. The van der Waals surface area contributed by atoms with Crippen molar-refractivity contribution >= 4 is 0 Å². The zero-order valence-corrected chi connectivity index (χ0v) is 11.4. The molecule has 5 heteroatoms. The molecule has 0 bridgehead atoms. The molecule has 2 unspecified atom stereocenters. The van der Waals surface area contributed by atoms with Crippen molar-refractivity contribution in [3.8, 4) is 0 Å². The van der Waals surface area contributed by atoms with E-state index in [-0.39, 0.29) is 18.4 Å². The molecular weight excluding hydrogens is 243 g/mol. The van der Waals surface area contributed by atoms with Crippen molar-refractivity contribution < 1.29 is 18.3 Å². The van der Waals surface area contributed by atoms with E-state index in [0.29, 0.717) is 25.9 Å². The minimum absolute atomic E-state index is 0.0837. The highest BCUT2D eigenvalue weighted by Gasteiger charge is 2.41. The lowest BCUT2D eigenvalue weighted by atomic mass is 9.87. The van der Waals surface area contributed by atoms with E-state index in [9.17, 15) is 18.3 Å². The molecule has 1 aliphatic heterocycles. The van der Waals surface area contributed by atoms with Crippen LogP contribution in [0.3, 0.4) is 0 Å². The standard InChI is InChI=1S/C13H24F3NO/c1-12(2,3)11(18)6-8-17-7-4-5-10(9-17)13(14,15)16/h10-11,18H,4-9H2,1-3H3. The number of nitrogens with zero attached hydrogens (tertiary/aromatic N) is 1. The van der Waals surface area contributed by atoms with Gasteiger partial charge >= 0.3 is 6.18 Å². The fraction of sp³-hybridized carbons (Fsp3) is 1.00. The third kappa shape index (κ3) is 4.76. The first-order chi connectivity index (χ1) is 8.10. The number of rotatable bonds is 3. The summed E-state index contributed by atoms with van der Waals surface area (Å²) in [5, 5.41) is 9.89. The maximum Gasteiger partial charge on any atom is 0.393 e. The van der Waals surface area contributed by atoms with E-state index < -0.39 is 18.2 Å². The van der Waals surface area contributed by atoms with Crippen LogP contribution in [0.2, 0.25) is 0 Å². The van der Waals surface area contributed by atoms with Crippen LogP contribution in [0.5, 0.6) is 0 Å². The topological polar surface area (TPSA) is 23.5 Å². The summed E-state index contributed by atoms with van der Waals surface area (Å²) in [5.74, 6) is -1.20. The number of piperidine rings is 1. The molecule has 0 aromatic rings. The molecule has 1 N–H and O–H groups in total. The summed E-state index contributed by atoms with van der Waals surface area (Å²) in [4.78, 5) is 1.83. The van der Waals surface area contributed by atoms with Crippen molar-refractivity contribution in [1.82, 2.24) is 4.90 Å². The van der Waals surface area contributed by atoms with E-state index >= 15 is 0 Å². The van der Waals surface area contributed by atoms with Gasteiger partial charge in [-0.2, -0.15) is 13.2 Å². The van der Waals surface area contributed by atoms with Gasteiger partial charge in [-0.3, -0.25) is 0 Å². The molecule has 0 aromatic carbocycles. The third-order valence-corrected chi connectivity index (χ3v) is 3.69. The van der Waals surface area contributed by atoms with E-state index in [2.05, 4.69) is 0 Å². The maximum atomic E-state index is 12.6. The average Bonchev–Trinajstić information content (AvgIpc) is 2.23. The highest BCUT2D eigenvalue weighted by atomic mass is 19.4. The molecule has 0 amide bonds. The summed E-state index contributed by atoms with van der Waals surface area (Å²) in [6.07, 6.45) is -3.18. The summed E-state index contributed by atoms with van der Waals surface area (Å²) in [6.45, 7) is 7.15. The van der Waals surface area contributed by atoms with Gasteiger partial charge in [0.05, 0.1) is 12.0 Å². The summed E-state index contributed by atoms with van der Waals surface area (Å²) in [7, 11) is 0. The molecular formula is C13H24F3NO. The summed E-state index contributed by atoms with van der Waals surface area (Å²) < 4.78 is 37.9. The lowest BCUT2D eigenvalue weighted by molar-refractivity contribution is -0.186. The van der Waals surface area contributed by atoms with E-state index in [1.165, 1.54) is 0 Å². The van der Waals surface area contributed by atoms with Crippen LogP contribution in [0.1, 0.15) is 40.0 Å². The Morgan fingerprint density at radius 3 is 2.39 bits per heavy atom. The Balaban J connectivity index is 2.40. The van der Waals surface area contributed by atoms with Gasteiger partial charge in [0.1, 0.15) is 0 Å². The van der Waals surface area contributed by atoms with Crippen molar-refractivity contribution in [2.45, 2.75) is 52.3 Å². The highest BCUT2D eigenvalue weighted by molar-refractivity contribution is 4.80. The number of hydrogen-bond acceptors (Lipinski definition) is 2. The van der Waals surface area contributed by atoms with Crippen LogP contribution >= 0.6 is 0 Å². The second-order valence-corrected chi connectivity index (χ2v) is 6.35. The number of likely N-dealkylation sites (tertiary alicyclic amines) is 1. The molecule has 0 spiro atoms. The Morgan fingerprint density at radius 2 is 1.89 bits per heavy atom. The molecule has 108 valence electrons. The molecule has 1 aliphatic rings. The van der Waals surface area contributed by atoms with Crippen LogP contribution in [-0.2, 0) is 0 Å². The van der Waals surface area contributed by atoms with Gasteiger partial charge in [0.2, 0.25) is 0 Å². The quantitative estimate of drug-likeness (QED) is 0.849. The molecule has 0 radical (unpaired) electrons. The Bertz CT molecular complexity index is 260. The first kappa shape index (κ1) is 15.8. The van der Waals surface area contributed by atoms with Gasteiger partial charge in [0.25, 0.3) is 0 Å². The molecule has 1 fully saturated rings. The highest BCUT2D eigenvalue weighted by Crippen LogP contribution is 2.33. The number of aliphatic hydroxyl groups is 1. The minimum Gasteiger partial charge on any atom is -0.393 e. The fourth-order valence-corrected chi connectivity index (χ4v) is 2.26. The van der Waals surface area contributed by atoms with Crippen molar-refractivity contribution in [3.05, 3.63) is 0 Å². The second kappa shape index (κ2) is 5.78.